The number of thiophene rings is 1. The summed E-state index contributed by atoms with van der Waals surface area (Å²) in [5, 5.41) is 5.33. The molecule has 1 N–H and O–H groups in total. The van der Waals surface area contributed by atoms with Gasteiger partial charge < -0.3 is 4.90 Å². The van der Waals surface area contributed by atoms with Crippen LogP contribution in [0.3, 0.4) is 0 Å². The maximum atomic E-state index is 11.9. The molecule has 3 rings (SSSR count). The van der Waals surface area contributed by atoms with Gasteiger partial charge in [0.1, 0.15) is 0 Å². The Labute approximate surface area is 134 Å². The second kappa shape index (κ2) is 7.22. The minimum atomic E-state index is -0.190. The maximum Gasteiger partial charge on any atom is 0.271 e. The largest absolute Gasteiger partial charge is 0.363 e. The lowest BCUT2D eigenvalue weighted by molar-refractivity contribution is 0.0955. The fourth-order valence-corrected chi connectivity index (χ4v) is 3.44. The first kappa shape index (κ1) is 14.8. The van der Waals surface area contributed by atoms with Gasteiger partial charge in [-0.1, -0.05) is 18.2 Å². The topological polar surface area (TPSA) is 44.7 Å². The van der Waals surface area contributed by atoms with Gasteiger partial charge in [0, 0.05) is 23.5 Å². The molecule has 1 aromatic heterocycles. The molecule has 4 nitrogen and oxygen atoms in total. The SMILES string of the molecule is O=C(N/N=C\c1ccc(N2CCCCC2)s1)c1ccccc1. The molecule has 0 saturated carbocycles. The van der Waals surface area contributed by atoms with Gasteiger partial charge >= 0.3 is 0 Å². The van der Waals surface area contributed by atoms with Gasteiger partial charge in [0.05, 0.1) is 11.2 Å². The van der Waals surface area contributed by atoms with Crippen molar-refractivity contribution >= 4 is 28.5 Å². The molecule has 1 amide bonds. The first-order valence-electron chi connectivity index (χ1n) is 7.56. The summed E-state index contributed by atoms with van der Waals surface area (Å²) in [7, 11) is 0. The number of carbonyl (C=O) groups excluding carboxylic acids is 1. The molecule has 2 aromatic rings. The Morgan fingerprint density at radius 2 is 1.86 bits per heavy atom. The molecule has 2 heterocycles. The molecule has 1 saturated heterocycles. The van der Waals surface area contributed by atoms with Gasteiger partial charge in [0.2, 0.25) is 0 Å². The zero-order valence-corrected chi connectivity index (χ0v) is 13.2. The van der Waals surface area contributed by atoms with Crippen molar-refractivity contribution in [3.05, 3.63) is 52.9 Å². The van der Waals surface area contributed by atoms with Crippen molar-refractivity contribution in [3.8, 4) is 0 Å². The van der Waals surface area contributed by atoms with Gasteiger partial charge in [-0.05, 0) is 43.5 Å². The Bertz CT molecular complexity index is 645. The quantitative estimate of drug-likeness (QED) is 0.693. The minimum absolute atomic E-state index is 0.190. The second-order valence-corrected chi connectivity index (χ2v) is 6.38. The molecule has 0 atom stereocenters. The fourth-order valence-electron chi connectivity index (χ4n) is 2.50. The van der Waals surface area contributed by atoms with Crippen LogP contribution in [-0.2, 0) is 0 Å². The van der Waals surface area contributed by atoms with Crippen molar-refractivity contribution < 1.29 is 4.79 Å². The number of piperidine rings is 1. The van der Waals surface area contributed by atoms with E-state index in [4.69, 9.17) is 0 Å². The van der Waals surface area contributed by atoms with Crippen LogP contribution in [0.5, 0.6) is 0 Å². The summed E-state index contributed by atoms with van der Waals surface area (Å²) in [6, 6.07) is 13.3. The molecule has 5 heteroatoms. The van der Waals surface area contributed by atoms with Crippen LogP contribution in [0.1, 0.15) is 34.5 Å². The standard InChI is InChI=1S/C17H19N3OS/c21-17(14-7-3-1-4-8-14)19-18-13-15-9-10-16(22-15)20-11-5-2-6-12-20/h1,3-4,7-10,13H,2,5-6,11-12H2,(H,19,21)/b18-13-. The number of amides is 1. The van der Waals surface area contributed by atoms with Crippen LogP contribution >= 0.6 is 11.3 Å². The number of hydrazone groups is 1. The van der Waals surface area contributed by atoms with Crippen LogP contribution in [0.4, 0.5) is 5.00 Å². The van der Waals surface area contributed by atoms with Gasteiger partial charge in [-0.25, -0.2) is 5.43 Å². The van der Waals surface area contributed by atoms with Crippen LogP contribution < -0.4 is 10.3 Å². The third kappa shape index (κ3) is 3.74. The van der Waals surface area contributed by atoms with E-state index in [2.05, 4.69) is 21.5 Å². The number of nitrogens with zero attached hydrogens (tertiary/aromatic N) is 2. The van der Waals surface area contributed by atoms with E-state index in [9.17, 15) is 4.79 Å². The Hall–Kier alpha value is -2.14. The number of benzene rings is 1. The van der Waals surface area contributed by atoms with E-state index in [0.717, 1.165) is 18.0 Å². The zero-order chi connectivity index (χ0) is 15.2. The minimum Gasteiger partial charge on any atom is -0.363 e. The molecule has 22 heavy (non-hydrogen) atoms. The number of carbonyl (C=O) groups is 1. The van der Waals surface area contributed by atoms with Crippen molar-refractivity contribution in [3.63, 3.8) is 0 Å². The first-order chi connectivity index (χ1) is 10.8. The lowest BCUT2D eigenvalue weighted by Gasteiger charge is -2.27. The highest BCUT2D eigenvalue weighted by atomic mass is 32.1. The van der Waals surface area contributed by atoms with E-state index in [1.165, 1.54) is 24.3 Å². The molecule has 0 spiro atoms. The molecular formula is C17H19N3OS. The van der Waals surface area contributed by atoms with Crippen molar-refractivity contribution in [1.29, 1.82) is 0 Å². The van der Waals surface area contributed by atoms with Gasteiger partial charge in [0.25, 0.3) is 5.91 Å². The highest BCUT2D eigenvalue weighted by molar-refractivity contribution is 7.17. The summed E-state index contributed by atoms with van der Waals surface area (Å²) in [4.78, 5) is 15.3. The highest BCUT2D eigenvalue weighted by Crippen LogP contribution is 2.27. The molecular weight excluding hydrogens is 294 g/mol. The Balaban J connectivity index is 1.57. The van der Waals surface area contributed by atoms with Crippen molar-refractivity contribution in [1.82, 2.24) is 5.43 Å². The van der Waals surface area contributed by atoms with Crippen molar-refractivity contribution in [2.45, 2.75) is 19.3 Å². The molecule has 1 aliphatic heterocycles. The molecule has 0 radical (unpaired) electrons. The third-order valence-electron chi connectivity index (χ3n) is 3.67. The lowest BCUT2D eigenvalue weighted by atomic mass is 10.1. The summed E-state index contributed by atoms with van der Waals surface area (Å²) >= 11 is 1.71. The van der Waals surface area contributed by atoms with Gasteiger partial charge in [-0.3, -0.25) is 4.79 Å². The zero-order valence-electron chi connectivity index (χ0n) is 12.4. The lowest BCUT2D eigenvalue weighted by Crippen LogP contribution is -2.28. The normalized spacial score (nSPS) is 15.2. The second-order valence-electron chi connectivity index (χ2n) is 5.29. The first-order valence-corrected chi connectivity index (χ1v) is 8.38. The maximum absolute atomic E-state index is 11.9. The van der Waals surface area contributed by atoms with Crippen molar-refractivity contribution in [2.24, 2.45) is 5.10 Å². The molecule has 114 valence electrons. The Morgan fingerprint density at radius 3 is 2.64 bits per heavy atom. The average molecular weight is 313 g/mol. The van der Waals surface area contributed by atoms with Gasteiger partial charge in [0.15, 0.2) is 0 Å². The van der Waals surface area contributed by atoms with Crippen LogP contribution in [0, 0.1) is 0 Å². The summed E-state index contributed by atoms with van der Waals surface area (Å²) in [6.45, 7) is 2.28. The Kier molecular flexibility index (Phi) is 4.85. The molecule has 1 aromatic carbocycles. The summed E-state index contributed by atoms with van der Waals surface area (Å²) < 4.78 is 0. The molecule has 0 aliphatic carbocycles. The molecule has 0 unspecified atom stereocenters. The summed E-state index contributed by atoms with van der Waals surface area (Å²) in [5.41, 5.74) is 3.17. The van der Waals surface area contributed by atoms with Gasteiger partial charge in [-0.15, -0.1) is 11.3 Å². The highest BCUT2D eigenvalue weighted by Gasteiger charge is 2.12. The predicted molar refractivity (Wildman–Crippen MR) is 91.9 cm³/mol. The predicted octanol–water partition coefficient (Wildman–Crippen LogP) is 3.50. The average Bonchev–Trinajstić information content (AvgIpc) is 3.05. The Morgan fingerprint density at radius 1 is 1.09 bits per heavy atom. The van der Waals surface area contributed by atoms with E-state index >= 15 is 0 Å². The molecule has 1 aliphatic rings. The van der Waals surface area contributed by atoms with E-state index < -0.39 is 0 Å². The van der Waals surface area contributed by atoms with E-state index in [1.54, 1.807) is 29.7 Å². The monoisotopic (exact) mass is 313 g/mol. The third-order valence-corrected chi connectivity index (χ3v) is 4.75. The van der Waals surface area contributed by atoms with E-state index in [-0.39, 0.29) is 5.91 Å². The number of hydrogen-bond acceptors (Lipinski definition) is 4. The fraction of sp³-hybridized carbons (Fsp3) is 0.294. The molecule has 1 fully saturated rings. The molecule has 0 bridgehead atoms. The number of hydrogen-bond donors (Lipinski definition) is 1. The van der Waals surface area contributed by atoms with Crippen molar-refractivity contribution in [2.75, 3.05) is 18.0 Å². The van der Waals surface area contributed by atoms with Crippen LogP contribution in [0.25, 0.3) is 0 Å². The van der Waals surface area contributed by atoms with E-state index in [1.807, 2.05) is 24.3 Å². The number of nitrogens with one attached hydrogen (secondary N) is 1. The van der Waals surface area contributed by atoms with E-state index in [0.29, 0.717) is 5.56 Å². The summed E-state index contributed by atoms with van der Waals surface area (Å²) in [5.74, 6) is -0.190. The summed E-state index contributed by atoms with van der Waals surface area (Å²) in [6.07, 6.45) is 5.59. The van der Waals surface area contributed by atoms with Gasteiger partial charge in [-0.2, -0.15) is 5.10 Å². The number of anilines is 1. The van der Waals surface area contributed by atoms with Crippen LogP contribution in [-0.4, -0.2) is 25.2 Å². The van der Waals surface area contributed by atoms with Crippen LogP contribution in [0.15, 0.2) is 47.6 Å². The smallest absolute Gasteiger partial charge is 0.271 e. The van der Waals surface area contributed by atoms with Crippen LogP contribution in [0.2, 0.25) is 0 Å². The number of rotatable bonds is 4.